The van der Waals surface area contributed by atoms with Crippen molar-refractivity contribution in [1.82, 2.24) is 4.57 Å². The molecule has 0 aliphatic rings. The monoisotopic (exact) mass is 416 g/mol. The van der Waals surface area contributed by atoms with Gasteiger partial charge in [0.2, 0.25) is 5.43 Å². The van der Waals surface area contributed by atoms with Crippen molar-refractivity contribution < 1.29 is 4.79 Å². The van der Waals surface area contributed by atoms with E-state index in [4.69, 9.17) is 11.6 Å². The number of nitrogens with one attached hydrogen (secondary N) is 1. The minimum absolute atomic E-state index is 0.135. The molecule has 1 N–H and O–H groups in total. The van der Waals surface area contributed by atoms with Crippen LogP contribution in [-0.4, -0.2) is 10.5 Å². The summed E-state index contributed by atoms with van der Waals surface area (Å²) in [6.45, 7) is 10.7. The summed E-state index contributed by atoms with van der Waals surface area (Å²) in [5.41, 5.74) is 4.10. The molecular formula is C24H33ClN2O2. The smallest absolute Gasteiger partial charge is 0.261 e. The van der Waals surface area contributed by atoms with Gasteiger partial charge in [0.25, 0.3) is 5.91 Å². The van der Waals surface area contributed by atoms with Gasteiger partial charge in [-0.3, -0.25) is 9.59 Å². The van der Waals surface area contributed by atoms with Gasteiger partial charge in [-0.15, -0.1) is 0 Å². The highest BCUT2D eigenvalue weighted by Gasteiger charge is 2.22. The van der Waals surface area contributed by atoms with Gasteiger partial charge in [-0.25, -0.2) is 0 Å². The molecule has 0 unspecified atom stereocenters. The van der Waals surface area contributed by atoms with Crippen molar-refractivity contribution in [2.45, 2.75) is 79.7 Å². The number of amides is 1. The molecule has 0 radical (unpaired) electrons. The number of rotatable bonds is 9. The zero-order valence-corrected chi connectivity index (χ0v) is 19.1. The van der Waals surface area contributed by atoms with Crippen molar-refractivity contribution in [2.24, 2.45) is 0 Å². The molecule has 1 aromatic carbocycles. The van der Waals surface area contributed by atoms with Crippen LogP contribution in [0.5, 0.6) is 0 Å². The van der Waals surface area contributed by atoms with Gasteiger partial charge in [-0.05, 0) is 44.2 Å². The fourth-order valence-electron chi connectivity index (χ4n) is 3.82. The number of unbranched alkanes of at least 4 members (excludes halogenated alkanes) is 3. The first kappa shape index (κ1) is 23.2. The number of anilines is 1. The molecule has 4 nitrogen and oxygen atoms in total. The highest BCUT2D eigenvalue weighted by Crippen LogP contribution is 2.24. The molecule has 29 heavy (non-hydrogen) atoms. The Bertz CT molecular complexity index is 909. The van der Waals surface area contributed by atoms with Gasteiger partial charge in [0.1, 0.15) is 10.6 Å². The zero-order valence-electron chi connectivity index (χ0n) is 18.3. The second-order valence-electron chi connectivity index (χ2n) is 7.51. The summed E-state index contributed by atoms with van der Waals surface area (Å²) in [5.74, 6) is -0.382. The van der Waals surface area contributed by atoms with E-state index in [0.717, 1.165) is 61.2 Å². The second kappa shape index (κ2) is 10.6. The van der Waals surface area contributed by atoms with Crippen LogP contribution in [0.4, 0.5) is 5.69 Å². The van der Waals surface area contributed by atoms with Crippen molar-refractivity contribution in [3.05, 3.63) is 61.5 Å². The molecule has 158 valence electrons. The van der Waals surface area contributed by atoms with E-state index in [0.29, 0.717) is 5.69 Å². The molecule has 0 saturated heterocycles. The van der Waals surface area contributed by atoms with Gasteiger partial charge in [0.15, 0.2) is 0 Å². The summed E-state index contributed by atoms with van der Waals surface area (Å²) >= 11 is 6.35. The Morgan fingerprint density at radius 3 is 2.17 bits per heavy atom. The molecule has 2 rings (SSSR count). The van der Waals surface area contributed by atoms with E-state index in [1.54, 1.807) is 0 Å². The molecule has 1 amide bonds. The van der Waals surface area contributed by atoms with Gasteiger partial charge < -0.3 is 9.88 Å². The lowest BCUT2D eigenvalue weighted by Crippen LogP contribution is -2.29. The minimum atomic E-state index is -0.393. The van der Waals surface area contributed by atoms with Gasteiger partial charge >= 0.3 is 0 Å². The third-order valence-electron chi connectivity index (χ3n) is 5.62. The number of hydrogen-bond acceptors (Lipinski definition) is 2. The number of carbonyl (C=O) groups excluding carboxylic acids is 1. The maximum Gasteiger partial charge on any atom is 0.261 e. The topological polar surface area (TPSA) is 51.1 Å². The van der Waals surface area contributed by atoms with Crippen molar-refractivity contribution in [3.8, 4) is 0 Å². The maximum absolute atomic E-state index is 13.2. The van der Waals surface area contributed by atoms with Gasteiger partial charge in [-0.1, -0.05) is 69.8 Å². The molecule has 0 saturated carbocycles. The third kappa shape index (κ3) is 5.11. The zero-order chi connectivity index (χ0) is 21.6. The van der Waals surface area contributed by atoms with Crippen molar-refractivity contribution in [3.63, 3.8) is 0 Å². The van der Waals surface area contributed by atoms with E-state index in [1.165, 1.54) is 6.42 Å². The van der Waals surface area contributed by atoms with E-state index in [9.17, 15) is 9.59 Å². The first-order chi connectivity index (χ1) is 13.9. The number of aromatic nitrogens is 1. The van der Waals surface area contributed by atoms with E-state index >= 15 is 0 Å². The Balaban J connectivity index is 2.45. The van der Waals surface area contributed by atoms with Crippen LogP contribution in [0.3, 0.4) is 0 Å². The van der Waals surface area contributed by atoms with Crippen LogP contribution in [0.1, 0.15) is 79.3 Å². The second-order valence-corrected chi connectivity index (χ2v) is 7.89. The summed E-state index contributed by atoms with van der Waals surface area (Å²) in [4.78, 5) is 26.1. The van der Waals surface area contributed by atoms with Crippen molar-refractivity contribution in [1.29, 1.82) is 0 Å². The summed E-state index contributed by atoms with van der Waals surface area (Å²) in [7, 11) is 0. The number of benzene rings is 1. The van der Waals surface area contributed by atoms with Crippen LogP contribution in [-0.2, 0) is 19.4 Å². The van der Waals surface area contributed by atoms with E-state index < -0.39 is 5.43 Å². The molecule has 1 heterocycles. The lowest BCUT2D eigenvalue weighted by molar-refractivity contribution is 0.102. The summed E-state index contributed by atoms with van der Waals surface area (Å²) in [6, 6.07) is 6.02. The summed E-state index contributed by atoms with van der Waals surface area (Å²) < 4.78 is 2.01. The fraction of sp³-hybridized carbons (Fsp3) is 0.500. The van der Waals surface area contributed by atoms with Crippen LogP contribution in [0.2, 0.25) is 5.02 Å². The highest BCUT2D eigenvalue weighted by atomic mass is 35.5. The lowest BCUT2D eigenvalue weighted by atomic mass is 10.0. The molecule has 0 fully saturated rings. The minimum Gasteiger partial charge on any atom is -0.347 e. The molecule has 0 aliphatic heterocycles. The Kier molecular flexibility index (Phi) is 8.51. The SMILES string of the molecule is CCCCCCn1c(C)c(Cl)c(=O)c(C(=O)Nc2c(CC)cccc2CC)c1C. The summed E-state index contributed by atoms with van der Waals surface area (Å²) in [5, 5.41) is 3.15. The van der Waals surface area contributed by atoms with E-state index in [-0.39, 0.29) is 16.5 Å². The lowest BCUT2D eigenvalue weighted by Gasteiger charge is -2.20. The van der Waals surface area contributed by atoms with Crippen LogP contribution in [0, 0.1) is 13.8 Å². The summed E-state index contributed by atoms with van der Waals surface area (Å²) in [6.07, 6.45) is 6.05. The molecular weight excluding hydrogens is 384 g/mol. The van der Waals surface area contributed by atoms with Crippen LogP contribution in [0.25, 0.3) is 0 Å². The van der Waals surface area contributed by atoms with Crippen LogP contribution >= 0.6 is 11.6 Å². The van der Waals surface area contributed by atoms with Crippen LogP contribution in [0.15, 0.2) is 23.0 Å². The first-order valence-electron chi connectivity index (χ1n) is 10.7. The number of para-hydroxylation sites is 1. The molecule has 0 atom stereocenters. The normalized spacial score (nSPS) is 11.0. The molecule has 1 aromatic heterocycles. The Morgan fingerprint density at radius 1 is 1.00 bits per heavy atom. The molecule has 0 bridgehead atoms. The van der Waals surface area contributed by atoms with Gasteiger partial charge in [0.05, 0.1) is 0 Å². The molecule has 0 aliphatic carbocycles. The number of hydrogen-bond donors (Lipinski definition) is 1. The van der Waals surface area contributed by atoms with Crippen molar-refractivity contribution >= 4 is 23.2 Å². The third-order valence-corrected chi connectivity index (χ3v) is 6.06. The first-order valence-corrected chi connectivity index (χ1v) is 11.1. The largest absolute Gasteiger partial charge is 0.347 e. The maximum atomic E-state index is 13.2. The number of halogens is 1. The Labute approximate surface area is 179 Å². The van der Waals surface area contributed by atoms with Crippen LogP contribution < -0.4 is 10.7 Å². The number of pyridine rings is 1. The predicted molar refractivity (Wildman–Crippen MR) is 122 cm³/mol. The molecule has 0 spiro atoms. The standard InChI is InChI=1S/C24H33ClN2O2/c1-6-9-10-11-15-27-16(4)20(23(28)21(25)17(27)5)24(29)26-22-18(7-2)13-12-14-19(22)8-3/h12-14H,6-11,15H2,1-5H3,(H,26,29). The predicted octanol–water partition coefficient (Wildman–Crippen LogP) is 6.08. The van der Waals surface area contributed by atoms with Crippen molar-refractivity contribution in [2.75, 3.05) is 5.32 Å². The molecule has 2 aromatic rings. The average molecular weight is 417 g/mol. The van der Waals surface area contributed by atoms with Gasteiger partial charge in [-0.2, -0.15) is 0 Å². The quantitative estimate of drug-likeness (QED) is 0.504. The number of aryl methyl sites for hydroxylation is 2. The highest BCUT2D eigenvalue weighted by molar-refractivity contribution is 6.31. The Morgan fingerprint density at radius 2 is 1.62 bits per heavy atom. The molecule has 5 heteroatoms. The van der Waals surface area contributed by atoms with E-state index in [1.807, 2.05) is 36.6 Å². The Hall–Kier alpha value is -2.07. The average Bonchev–Trinajstić information content (AvgIpc) is 2.71. The van der Waals surface area contributed by atoms with E-state index in [2.05, 4.69) is 26.1 Å². The number of carbonyl (C=O) groups is 1. The number of nitrogens with zero attached hydrogens (tertiary/aromatic N) is 1. The fourth-order valence-corrected chi connectivity index (χ4v) is 4.02. The van der Waals surface area contributed by atoms with Gasteiger partial charge in [0, 0.05) is 23.6 Å².